The van der Waals surface area contributed by atoms with Gasteiger partial charge >= 0.3 is 5.97 Å². The molecule has 0 aliphatic heterocycles. The standard InChI is InChI=1S/C18H19NO4/c1-11-5-4-6-14(9-11)19-17(21)13(3)23-18(22)15-8-7-12(2)10-16(15)20/h4-10,13,20H,1-3H3,(H,19,21)/t13-/m1/s1. The van der Waals surface area contributed by atoms with Gasteiger partial charge in [0.05, 0.1) is 0 Å². The highest BCUT2D eigenvalue weighted by Crippen LogP contribution is 2.20. The monoisotopic (exact) mass is 313 g/mol. The second-order valence-corrected chi connectivity index (χ2v) is 5.43. The first-order chi connectivity index (χ1) is 10.9. The van der Waals surface area contributed by atoms with E-state index in [1.54, 1.807) is 19.1 Å². The summed E-state index contributed by atoms with van der Waals surface area (Å²) in [6, 6.07) is 11.9. The Morgan fingerprint density at radius 2 is 1.78 bits per heavy atom. The number of amides is 1. The number of phenolic OH excluding ortho intramolecular Hbond substituents is 1. The zero-order chi connectivity index (χ0) is 17.0. The zero-order valence-corrected chi connectivity index (χ0v) is 13.3. The van der Waals surface area contributed by atoms with Crippen LogP contribution in [-0.4, -0.2) is 23.1 Å². The van der Waals surface area contributed by atoms with Gasteiger partial charge in [-0.15, -0.1) is 0 Å². The molecule has 0 saturated carbocycles. The van der Waals surface area contributed by atoms with E-state index >= 15 is 0 Å². The van der Waals surface area contributed by atoms with Gasteiger partial charge in [0.2, 0.25) is 0 Å². The van der Waals surface area contributed by atoms with E-state index in [1.807, 2.05) is 25.1 Å². The molecule has 23 heavy (non-hydrogen) atoms. The number of carbonyl (C=O) groups excluding carboxylic acids is 2. The van der Waals surface area contributed by atoms with Crippen LogP contribution in [0.5, 0.6) is 5.75 Å². The number of rotatable bonds is 4. The van der Waals surface area contributed by atoms with Gasteiger partial charge in [-0.25, -0.2) is 4.79 Å². The SMILES string of the molecule is Cc1cccc(NC(=O)[C@@H](C)OC(=O)c2ccc(C)cc2O)c1. The molecule has 0 fully saturated rings. The van der Waals surface area contributed by atoms with Crippen molar-refractivity contribution >= 4 is 17.6 Å². The third-order valence-corrected chi connectivity index (χ3v) is 3.31. The van der Waals surface area contributed by atoms with Gasteiger partial charge in [0.15, 0.2) is 6.10 Å². The summed E-state index contributed by atoms with van der Waals surface area (Å²) >= 11 is 0. The lowest BCUT2D eigenvalue weighted by molar-refractivity contribution is -0.123. The lowest BCUT2D eigenvalue weighted by Gasteiger charge is -2.14. The number of carbonyl (C=O) groups is 2. The molecule has 0 aromatic heterocycles. The molecule has 120 valence electrons. The number of nitrogens with one attached hydrogen (secondary N) is 1. The van der Waals surface area contributed by atoms with E-state index in [-0.39, 0.29) is 11.3 Å². The first-order valence-corrected chi connectivity index (χ1v) is 7.25. The number of aromatic hydroxyl groups is 1. The Labute approximate surface area is 134 Å². The minimum absolute atomic E-state index is 0.0332. The number of hydrogen-bond acceptors (Lipinski definition) is 4. The van der Waals surface area contributed by atoms with Gasteiger partial charge in [-0.3, -0.25) is 4.79 Å². The molecular formula is C18H19NO4. The van der Waals surface area contributed by atoms with E-state index in [0.717, 1.165) is 11.1 Å². The largest absolute Gasteiger partial charge is 0.507 e. The van der Waals surface area contributed by atoms with E-state index in [0.29, 0.717) is 5.69 Å². The maximum absolute atomic E-state index is 12.1. The number of benzene rings is 2. The van der Waals surface area contributed by atoms with Crippen LogP contribution < -0.4 is 5.32 Å². The van der Waals surface area contributed by atoms with Crippen molar-refractivity contribution in [2.24, 2.45) is 0 Å². The molecule has 2 aromatic carbocycles. The number of hydrogen-bond donors (Lipinski definition) is 2. The maximum atomic E-state index is 12.1. The van der Waals surface area contributed by atoms with Gasteiger partial charge in [-0.05, 0) is 56.2 Å². The summed E-state index contributed by atoms with van der Waals surface area (Å²) < 4.78 is 5.11. The topological polar surface area (TPSA) is 75.6 Å². The van der Waals surface area contributed by atoms with Crippen LogP contribution in [0, 0.1) is 13.8 Å². The Morgan fingerprint density at radius 1 is 1.09 bits per heavy atom. The van der Waals surface area contributed by atoms with E-state index in [4.69, 9.17) is 4.74 Å². The fourth-order valence-corrected chi connectivity index (χ4v) is 2.06. The number of esters is 1. The number of ether oxygens (including phenoxy) is 1. The van der Waals surface area contributed by atoms with Crippen molar-refractivity contribution in [2.75, 3.05) is 5.32 Å². The first-order valence-electron chi connectivity index (χ1n) is 7.25. The molecule has 0 bridgehead atoms. The van der Waals surface area contributed by atoms with Gasteiger partial charge in [-0.1, -0.05) is 18.2 Å². The number of anilines is 1. The smallest absolute Gasteiger partial charge is 0.342 e. The summed E-state index contributed by atoms with van der Waals surface area (Å²) in [7, 11) is 0. The highest BCUT2D eigenvalue weighted by atomic mass is 16.5. The Hall–Kier alpha value is -2.82. The first kappa shape index (κ1) is 16.5. The fourth-order valence-electron chi connectivity index (χ4n) is 2.06. The highest BCUT2D eigenvalue weighted by molar-refractivity contribution is 5.98. The summed E-state index contributed by atoms with van der Waals surface area (Å²) in [5.41, 5.74) is 2.50. The lowest BCUT2D eigenvalue weighted by Crippen LogP contribution is -2.30. The summed E-state index contributed by atoms with van der Waals surface area (Å²) in [4.78, 5) is 24.1. The third kappa shape index (κ3) is 4.32. The van der Waals surface area contributed by atoms with Gasteiger partial charge in [-0.2, -0.15) is 0 Å². The summed E-state index contributed by atoms with van der Waals surface area (Å²) in [6.45, 7) is 5.19. The van der Waals surface area contributed by atoms with E-state index < -0.39 is 18.0 Å². The molecule has 0 radical (unpaired) electrons. The number of aryl methyl sites for hydroxylation is 2. The Balaban J connectivity index is 2.01. The van der Waals surface area contributed by atoms with Gasteiger partial charge in [0.25, 0.3) is 5.91 Å². The van der Waals surface area contributed by atoms with Gasteiger partial charge < -0.3 is 15.2 Å². The van der Waals surface area contributed by atoms with Crippen molar-refractivity contribution in [2.45, 2.75) is 26.9 Å². The zero-order valence-electron chi connectivity index (χ0n) is 13.3. The fraction of sp³-hybridized carbons (Fsp3) is 0.222. The van der Waals surface area contributed by atoms with Crippen LogP contribution in [0.15, 0.2) is 42.5 Å². The molecule has 0 spiro atoms. The molecule has 0 aliphatic carbocycles. The van der Waals surface area contributed by atoms with Crippen molar-refractivity contribution in [3.05, 3.63) is 59.2 Å². The second-order valence-electron chi connectivity index (χ2n) is 5.43. The average molecular weight is 313 g/mol. The van der Waals surface area contributed by atoms with Gasteiger partial charge in [0.1, 0.15) is 11.3 Å². The molecule has 2 N–H and O–H groups in total. The molecule has 0 unspecified atom stereocenters. The summed E-state index contributed by atoms with van der Waals surface area (Å²) in [5.74, 6) is -1.34. The molecular weight excluding hydrogens is 294 g/mol. The molecule has 2 aromatic rings. The summed E-state index contributed by atoms with van der Waals surface area (Å²) in [5, 5.41) is 12.5. The van der Waals surface area contributed by atoms with Crippen molar-refractivity contribution in [3.63, 3.8) is 0 Å². The predicted molar refractivity (Wildman–Crippen MR) is 87.5 cm³/mol. The van der Waals surface area contributed by atoms with Crippen molar-refractivity contribution in [1.82, 2.24) is 0 Å². The minimum atomic E-state index is -0.983. The molecule has 2 rings (SSSR count). The third-order valence-electron chi connectivity index (χ3n) is 3.31. The average Bonchev–Trinajstić information content (AvgIpc) is 2.46. The van der Waals surface area contributed by atoms with Gasteiger partial charge in [0, 0.05) is 5.69 Å². The lowest BCUT2D eigenvalue weighted by atomic mass is 10.1. The maximum Gasteiger partial charge on any atom is 0.342 e. The quantitative estimate of drug-likeness (QED) is 0.850. The minimum Gasteiger partial charge on any atom is -0.507 e. The van der Waals surface area contributed by atoms with Crippen LogP contribution in [0.2, 0.25) is 0 Å². The van der Waals surface area contributed by atoms with Crippen molar-refractivity contribution in [3.8, 4) is 5.75 Å². The Kier molecular flexibility index (Phi) is 5.01. The van der Waals surface area contributed by atoms with Crippen molar-refractivity contribution < 1.29 is 19.4 Å². The molecule has 5 nitrogen and oxygen atoms in total. The molecule has 1 atom stereocenters. The molecule has 1 amide bonds. The molecule has 5 heteroatoms. The Bertz CT molecular complexity index is 740. The number of phenols is 1. The molecule has 0 aliphatic rings. The van der Waals surface area contributed by atoms with E-state index in [9.17, 15) is 14.7 Å². The molecule has 0 heterocycles. The van der Waals surface area contributed by atoms with E-state index in [1.165, 1.54) is 19.1 Å². The Morgan fingerprint density at radius 3 is 2.43 bits per heavy atom. The predicted octanol–water partition coefficient (Wildman–Crippen LogP) is 3.19. The van der Waals surface area contributed by atoms with Crippen LogP contribution in [0.1, 0.15) is 28.4 Å². The normalized spacial score (nSPS) is 11.6. The summed E-state index contributed by atoms with van der Waals surface area (Å²) in [6.07, 6.45) is -0.983. The van der Waals surface area contributed by atoms with Crippen molar-refractivity contribution in [1.29, 1.82) is 0 Å². The highest BCUT2D eigenvalue weighted by Gasteiger charge is 2.21. The molecule has 0 saturated heterocycles. The second kappa shape index (κ2) is 6.96. The van der Waals surface area contributed by atoms with E-state index in [2.05, 4.69) is 5.32 Å². The van der Waals surface area contributed by atoms with Crippen LogP contribution in [-0.2, 0) is 9.53 Å². The van der Waals surface area contributed by atoms with Crippen LogP contribution >= 0.6 is 0 Å². The van der Waals surface area contributed by atoms with Crippen LogP contribution in [0.4, 0.5) is 5.69 Å². The van der Waals surface area contributed by atoms with Crippen LogP contribution in [0.3, 0.4) is 0 Å². The van der Waals surface area contributed by atoms with Crippen LogP contribution in [0.25, 0.3) is 0 Å².